The first-order valence-corrected chi connectivity index (χ1v) is 9.57. The van der Waals surface area contributed by atoms with Crippen LogP contribution in [0.5, 0.6) is 5.75 Å². The van der Waals surface area contributed by atoms with Crippen molar-refractivity contribution in [3.63, 3.8) is 0 Å². The summed E-state index contributed by atoms with van der Waals surface area (Å²) in [6.45, 7) is 2.41. The second kappa shape index (κ2) is 7.84. The van der Waals surface area contributed by atoms with Crippen LogP contribution in [0.15, 0.2) is 84.6 Å². The smallest absolute Gasteiger partial charge is 0.290 e. The lowest BCUT2D eigenvalue weighted by molar-refractivity contribution is -0.130. The average molecular weight is 385 g/mol. The molecular weight excluding hydrogens is 362 g/mol. The first kappa shape index (κ1) is 18.8. The lowest BCUT2D eigenvalue weighted by Gasteiger charge is -2.27. The van der Waals surface area contributed by atoms with Gasteiger partial charge in [-0.05, 0) is 35.7 Å². The van der Waals surface area contributed by atoms with E-state index in [1.54, 1.807) is 12.0 Å². The molecule has 0 radical (unpaired) electrons. The van der Waals surface area contributed by atoms with Gasteiger partial charge in [0.2, 0.25) is 0 Å². The maximum atomic E-state index is 13.1. The Balaban J connectivity index is 1.76. The summed E-state index contributed by atoms with van der Waals surface area (Å²) in [7, 11) is 1.63. The van der Waals surface area contributed by atoms with Crippen LogP contribution in [-0.4, -0.2) is 23.0 Å². The Bertz CT molecular complexity index is 1040. The molecule has 1 aliphatic rings. The van der Waals surface area contributed by atoms with Gasteiger partial charge < -0.3 is 14.7 Å². The zero-order chi connectivity index (χ0) is 20.4. The SMILES string of the molecule is COc1ccc(CN2C(=O)C(O)=C(c3ccc(C)cc3)[C@@H]2c2ccccc2)cc1. The van der Waals surface area contributed by atoms with Gasteiger partial charge in [-0.2, -0.15) is 0 Å². The fraction of sp³-hybridized carbons (Fsp3) is 0.160. The standard InChI is InChI=1S/C25H23NO3/c1-17-8-12-19(13-9-17)22-23(20-6-4-3-5-7-20)26(25(28)24(22)27)16-18-10-14-21(29-2)15-11-18/h3-15,23,27H,16H2,1-2H3/t23-/m0/s1. The number of nitrogens with zero attached hydrogens (tertiary/aromatic N) is 1. The normalized spacial score (nSPS) is 16.4. The van der Waals surface area contributed by atoms with Gasteiger partial charge in [-0.15, -0.1) is 0 Å². The molecule has 4 heteroatoms. The summed E-state index contributed by atoms with van der Waals surface area (Å²) in [4.78, 5) is 14.8. The predicted molar refractivity (Wildman–Crippen MR) is 113 cm³/mol. The van der Waals surface area contributed by atoms with E-state index in [9.17, 15) is 9.90 Å². The zero-order valence-electron chi connectivity index (χ0n) is 16.5. The van der Waals surface area contributed by atoms with Crippen molar-refractivity contribution in [3.8, 4) is 5.75 Å². The van der Waals surface area contributed by atoms with Gasteiger partial charge in [0.15, 0.2) is 5.76 Å². The number of rotatable bonds is 5. The topological polar surface area (TPSA) is 49.8 Å². The fourth-order valence-corrected chi connectivity index (χ4v) is 3.75. The molecule has 1 atom stereocenters. The molecule has 0 aliphatic carbocycles. The van der Waals surface area contributed by atoms with Gasteiger partial charge in [0.05, 0.1) is 13.2 Å². The van der Waals surface area contributed by atoms with E-state index in [2.05, 4.69) is 0 Å². The molecule has 4 rings (SSSR count). The van der Waals surface area contributed by atoms with Crippen LogP contribution in [0.4, 0.5) is 0 Å². The number of aryl methyl sites for hydroxylation is 1. The van der Waals surface area contributed by atoms with Crippen molar-refractivity contribution in [2.45, 2.75) is 19.5 Å². The van der Waals surface area contributed by atoms with Crippen LogP contribution < -0.4 is 4.74 Å². The number of ether oxygens (including phenoxy) is 1. The second-order valence-corrected chi connectivity index (χ2v) is 7.22. The summed E-state index contributed by atoms with van der Waals surface area (Å²) in [5, 5.41) is 10.8. The summed E-state index contributed by atoms with van der Waals surface area (Å²) >= 11 is 0. The average Bonchev–Trinajstić information content (AvgIpc) is 3.00. The van der Waals surface area contributed by atoms with Gasteiger partial charge >= 0.3 is 0 Å². The van der Waals surface area contributed by atoms with E-state index >= 15 is 0 Å². The minimum Gasteiger partial charge on any atom is -0.503 e. The van der Waals surface area contributed by atoms with Gasteiger partial charge in [-0.1, -0.05) is 72.3 Å². The highest BCUT2D eigenvalue weighted by Crippen LogP contribution is 2.43. The van der Waals surface area contributed by atoms with Crippen molar-refractivity contribution in [1.29, 1.82) is 0 Å². The highest BCUT2D eigenvalue weighted by Gasteiger charge is 2.40. The predicted octanol–water partition coefficient (Wildman–Crippen LogP) is 5.06. The maximum Gasteiger partial charge on any atom is 0.290 e. The van der Waals surface area contributed by atoms with Crippen LogP contribution in [0.25, 0.3) is 5.57 Å². The molecule has 1 heterocycles. The fourth-order valence-electron chi connectivity index (χ4n) is 3.75. The van der Waals surface area contributed by atoms with Crippen molar-refractivity contribution in [2.75, 3.05) is 7.11 Å². The summed E-state index contributed by atoms with van der Waals surface area (Å²) in [5.41, 5.74) is 4.57. The van der Waals surface area contributed by atoms with Crippen molar-refractivity contribution in [3.05, 3.63) is 107 Å². The van der Waals surface area contributed by atoms with Crippen LogP contribution in [-0.2, 0) is 11.3 Å². The zero-order valence-corrected chi connectivity index (χ0v) is 16.5. The molecule has 4 nitrogen and oxygen atoms in total. The molecule has 1 aliphatic heterocycles. The Kier molecular flexibility index (Phi) is 5.09. The number of benzene rings is 3. The van der Waals surface area contributed by atoms with Crippen molar-refractivity contribution in [2.24, 2.45) is 0 Å². The van der Waals surface area contributed by atoms with Gasteiger partial charge in [0.25, 0.3) is 5.91 Å². The molecule has 1 amide bonds. The quantitative estimate of drug-likeness (QED) is 0.668. The Morgan fingerprint density at radius 1 is 0.931 bits per heavy atom. The number of hydrogen-bond acceptors (Lipinski definition) is 3. The highest BCUT2D eigenvalue weighted by atomic mass is 16.5. The number of aliphatic hydroxyl groups is 1. The lowest BCUT2D eigenvalue weighted by atomic mass is 9.93. The molecule has 0 spiro atoms. The molecule has 29 heavy (non-hydrogen) atoms. The van der Waals surface area contributed by atoms with E-state index in [4.69, 9.17) is 4.74 Å². The van der Waals surface area contributed by atoms with Crippen molar-refractivity contribution >= 4 is 11.5 Å². The number of carbonyl (C=O) groups is 1. The van der Waals surface area contributed by atoms with Crippen LogP contribution in [0.1, 0.15) is 28.3 Å². The number of hydrogen-bond donors (Lipinski definition) is 1. The summed E-state index contributed by atoms with van der Waals surface area (Å²) < 4.78 is 5.22. The molecule has 3 aromatic carbocycles. The Morgan fingerprint density at radius 2 is 1.59 bits per heavy atom. The van der Waals surface area contributed by atoms with E-state index < -0.39 is 0 Å². The number of aliphatic hydroxyl groups excluding tert-OH is 1. The Hall–Kier alpha value is -3.53. The first-order valence-electron chi connectivity index (χ1n) is 9.57. The molecular formula is C25H23NO3. The van der Waals surface area contributed by atoms with E-state index in [1.165, 1.54) is 0 Å². The van der Waals surface area contributed by atoms with E-state index in [0.717, 1.165) is 28.0 Å². The molecule has 0 bridgehead atoms. The monoisotopic (exact) mass is 385 g/mol. The van der Waals surface area contributed by atoms with E-state index in [1.807, 2.05) is 85.8 Å². The molecule has 146 valence electrons. The van der Waals surface area contributed by atoms with Crippen molar-refractivity contribution in [1.82, 2.24) is 4.90 Å². The van der Waals surface area contributed by atoms with Crippen LogP contribution in [0, 0.1) is 6.92 Å². The molecule has 0 fully saturated rings. The summed E-state index contributed by atoms with van der Waals surface area (Å²) in [6.07, 6.45) is 0. The number of carbonyl (C=O) groups excluding carboxylic acids is 1. The van der Waals surface area contributed by atoms with Gasteiger partial charge in [-0.25, -0.2) is 0 Å². The van der Waals surface area contributed by atoms with Crippen LogP contribution in [0.2, 0.25) is 0 Å². The van der Waals surface area contributed by atoms with Gasteiger partial charge in [-0.3, -0.25) is 4.79 Å². The summed E-state index contributed by atoms with van der Waals surface area (Å²) in [5.74, 6) is 0.226. The number of amides is 1. The Labute approximate surface area is 170 Å². The van der Waals surface area contributed by atoms with Gasteiger partial charge in [0.1, 0.15) is 5.75 Å². The third kappa shape index (κ3) is 3.61. The minimum atomic E-state index is -0.356. The van der Waals surface area contributed by atoms with Crippen LogP contribution >= 0.6 is 0 Å². The Morgan fingerprint density at radius 3 is 2.21 bits per heavy atom. The number of methoxy groups -OCH3 is 1. The highest BCUT2D eigenvalue weighted by molar-refractivity contribution is 6.05. The molecule has 0 unspecified atom stereocenters. The minimum absolute atomic E-state index is 0.184. The largest absolute Gasteiger partial charge is 0.503 e. The lowest BCUT2D eigenvalue weighted by Crippen LogP contribution is -2.29. The molecule has 3 aromatic rings. The van der Waals surface area contributed by atoms with Gasteiger partial charge in [0, 0.05) is 12.1 Å². The second-order valence-electron chi connectivity index (χ2n) is 7.22. The molecule has 0 saturated carbocycles. The maximum absolute atomic E-state index is 13.1. The summed E-state index contributed by atoms with van der Waals surface area (Å²) in [6, 6.07) is 25.0. The van der Waals surface area contributed by atoms with E-state index in [0.29, 0.717) is 12.1 Å². The molecule has 0 aromatic heterocycles. The third-order valence-electron chi connectivity index (χ3n) is 5.29. The molecule has 0 saturated heterocycles. The van der Waals surface area contributed by atoms with E-state index in [-0.39, 0.29) is 17.7 Å². The first-order chi connectivity index (χ1) is 14.1. The van der Waals surface area contributed by atoms with Crippen LogP contribution in [0.3, 0.4) is 0 Å². The van der Waals surface area contributed by atoms with Crippen molar-refractivity contribution < 1.29 is 14.6 Å². The molecule has 1 N–H and O–H groups in total. The third-order valence-corrected chi connectivity index (χ3v) is 5.29.